The van der Waals surface area contributed by atoms with Gasteiger partial charge in [0.25, 0.3) is 0 Å². The van der Waals surface area contributed by atoms with Crippen LogP contribution in [-0.4, -0.2) is 43.5 Å². The van der Waals surface area contributed by atoms with Crippen LogP contribution in [0.25, 0.3) is 0 Å². The van der Waals surface area contributed by atoms with Gasteiger partial charge >= 0.3 is 11.9 Å². The number of halogens is 2. The Morgan fingerprint density at radius 3 is 2.43 bits per heavy atom. The van der Waals surface area contributed by atoms with Gasteiger partial charge in [0.1, 0.15) is 0 Å². The van der Waals surface area contributed by atoms with Gasteiger partial charge in [-0.05, 0) is 26.9 Å². The standard InChI is InChI=1S/C9H17F2NO2/c1-4-6-12(3)7-9(10,11)8(13)14-5-2/h4-7H2,1-3H3. The van der Waals surface area contributed by atoms with Crippen LogP contribution in [0.3, 0.4) is 0 Å². The summed E-state index contributed by atoms with van der Waals surface area (Å²) in [6, 6.07) is 0. The van der Waals surface area contributed by atoms with Gasteiger partial charge in [-0.2, -0.15) is 8.78 Å². The van der Waals surface area contributed by atoms with Gasteiger partial charge < -0.3 is 9.64 Å². The summed E-state index contributed by atoms with van der Waals surface area (Å²) in [5, 5.41) is 0. The normalized spacial score (nSPS) is 11.9. The lowest BCUT2D eigenvalue weighted by atomic mass is 10.3. The Balaban J connectivity index is 4.10. The van der Waals surface area contributed by atoms with Crippen molar-refractivity contribution < 1.29 is 18.3 Å². The van der Waals surface area contributed by atoms with E-state index in [2.05, 4.69) is 4.74 Å². The first kappa shape index (κ1) is 13.3. The lowest BCUT2D eigenvalue weighted by Crippen LogP contribution is -2.42. The summed E-state index contributed by atoms with van der Waals surface area (Å²) in [5.41, 5.74) is 0. The highest BCUT2D eigenvalue weighted by molar-refractivity contribution is 5.77. The van der Waals surface area contributed by atoms with Gasteiger partial charge in [-0.3, -0.25) is 0 Å². The molecule has 0 unspecified atom stereocenters. The molecule has 5 heteroatoms. The minimum atomic E-state index is -3.40. The fraction of sp³-hybridized carbons (Fsp3) is 0.889. The number of alkyl halides is 2. The van der Waals surface area contributed by atoms with Gasteiger partial charge in [0, 0.05) is 0 Å². The zero-order valence-corrected chi connectivity index (χ0v) is 8.85. The van der Waals surface area contributed by atoms with Crippen molar-refractivity contribution in [2.45, 2.75) is 26.2 Å². The van der Waals surface area contributed by atoms with Crippen LogP contribution in [0.15, 0.2) is 0 Å². The quantitative estimate of drug-likeness (QED) is 0.621. The van der Waals surface area contributed by atoms with Crippen molar-refractivity contribution in [1.82, 2.24) is 4.90 Å². The van der Waals surface area contributed by atoms with E-state index in [9.17, 15) is 13.6 Å². The van der Waals surface area contributed by atoms with Crippen LogP contribution in [-0.2, 0) is 9.53 Å². The predicted octanol–water partition coefficient (Wildman–Crippen LogP) is 1.53. The summed E-state index contributed by atoms with van der Waals surface area (Å²) in [6.45, 7) is 3.32. The first-order valence-corrected chi connectivity index (χ1v) is 4.67. The molecule has 0 amide bonds. The molecule has 0 aliphatic heterocycles. The van der Waals surface area contributed by atoms with E-state index in [1.54, 1.807) is 7.05 Å². The monoisotopic (exact) mass is 209 g/mol. The molecule has 0 radical (unpaired) electrons. The molecule has 84 valence electrons. The van der Waals surface area contributed by atoms with Gasteiger partial charge in [-0.1, -0.05) is 6.92 Å². The average Bonchev–Trinajstić information content (AvgIpc) is 2.03. The summed E-state index contributed by atoms with van der Waals surface area (Å²) in [4.78, 5) is 12.2. The highest BCUT2D eigenvalue weighted by atomic mass is 19.3. The fourth-order valence-corrected chi connectivity index (χ4v) is 1.10. The SMILES string of the molecule is CCCN(C)CC(F)(F)C(=O)OCC. The van der Waals surface area contributed by atoms with E-state index >= 15 is 0 Å². The third-order valence-electron chi connectivity index (χ3n) is 1.65. The molecule has 0 aliphatic rings. The highest BCUT2D eigenvalue weighted by Crippen LogP contribution is 2.16. The Hall–Kier alpha value is -0.710. The van der Waals surface area contributed by atoms with Crippen molar-refractivity contribution in [2.24, 2.45) is 0 Å². The van der Waals surface area contributed by atoms with E-state index in [0.717, 1.165) is 6.42 Å². The summed E-state index contributed by atoms with van der Waals surface area (Å²) < 4.78 is 30.4. The molecule has 0 fully saturated rings. The second-order valence-corrected chi connectivity index (χ2v) is 3.16. The molecule has 0 aromatic carbocycles. The Labute approximate surface area is 83.0 Å². The molecule has 0 bridgehead atoms. The highest BCUT2D eigenvalue weighted by Gasteiger charge is 2.41. The minimum Gasteiger partial charge on any atom is -0.462 e. The lowest BCUT2D eigenvalue weighted by Gasteiger charge is -2.21. The number of carbonyl (C=O) groups excluding carboxylic acids is 1. The maximum Gasteiger partial charge on any atom is 0.378 e. The Kier molecular flexibility index (Phi) is 5.60. The second kappa shape index (κ2) is 5.90. The van der Waals surface area contributed by atoms with Gasteiger partial charge in [0.15, 0.2) is 0 Å². The molecule has 0 saturated heterocycles. The predicted molar refractivity (Wildman–Crippen MR) is 49.4 cm³/mol. The molecule has 0 aliphatic carbocycles. The summed E-state index contributed by atoms with van der Waals surface area (Å²) >= 11 is 0. The maximum atomic E-state index is 13.1. The van der Waals surface area contributed by atoms with Crippen LogP contribution in [0, 0.1) is 0 Å². The molecule has 0 rings (SSSR count). The van der Waals surface area contributed by atoms with E-state index in [0.29, 0.717) is 6.54 Å². The number of nitrogens with zero attached hydrogens (tertiary/aromatic N) is 1. The summed E-state index contributed by atoms with van der Waals surface area (Å²) in [6.07, 6.45) is 0.773. The van der Waals surface area contributed by atoms with Gasteiger partial charge in [-0.15, -0.1) is 0 Å². The second-order valence-electron chi connectivity index (χ2n) is 3.16. The largest absolute Gasteiger partial charge is 0.462 e. The number of hydrogen-bond acceptors (Lipinski definition) is 3. The number of hydrogen-bond donors (Lipinski definition) is 0. The molecule has 0 heterocycles. The van der Waals surface area contributed by atoms with E-state index in [-0.39, 0.29) is 6.61 Å². The summed E-state index contributed by atoms with van der Waals surface area (Å²) in [7, 11) is 1.55. The number of carbonyl (C=O) groups is 1. The van der Waals surface area contributed by atoms with Gasteiger partial charge in [0.05, 0.1) is 13.2 Å². The Morgan fingerprint density at radius 1 is 1.43 bits per heavy atom. The molecule has 3 nitrogen and oxygen atoms in total. The number of esters is 1. The lowest BCUT2D eigenvalue weighted by molar-refractivity contribution is -0.173. The Bertz CT molecular complexity index is 186. The zero-order valence-electron chi connectivity index (χ0n) is 8.85. The molecular formula is C9H17F2NO2. The minimum absolute atomic E-state index is 0.0219. The average molecular weight is 209 g/mol. The third-order valence-corrected chi connectivity index (χ3v) is 1.65. The molecule has 0 aromatic rings. The van der Waals surface area contributed by atoms with Crippen LogP contribution >= 0.6 is 0 Å². The maximum absolute atomic E-state index is 13.1. The molecule has 0 spiro atoms. The topological polar surface area (TPSA) is 29.5 Å². The van der Waals surface area contributed by atoms with Crippen molar-refractivity contribution in [3.63, 3.8) is 0 Å². The summed E-state index contributed by atoms with van der Waals surface area (Å²) in [5.74, 6) is -4.84. The van der Waals surface area contributed by atoms with Crippen molar-refractivity contribution >= 4 is 5.97 Å². The third kappa shape index (κ3) is 4.50. The molecule has 0 saturated carbocycles. The molecule has 0 N–H and O–H groups in total. The van der Waals surface area contributed by atoms with E-state index in [4.69, 9.17) is 0 Å². The van der Waals surface area contributed by atoms with E-state index in [1.807, 2.05) is 6.92 Å². The van der Waals surface area contributed by atoms with E-state index in [1.165, 1.54) is 11.8 Å². The van der Waals surface area contributed by atoms with Crippen molar-refractivity contribution in [2.75, 3.05) is 26.7 Å². The van der Waals surface area contributed by atoms with Crippen LogP contribution in [0.4, 0.5) is 8.78 Å². The smallest absolute Gasteiger partial charge is 0.378 e. The van der Waals surface area contributed by atoms with Crippen LogP contribution in [0.5, 0.6) is 0 Å². The number of ether oxygens (including phenoxy) is 1. The molecule has 14 heavy (non-hydrogen) atoms. The van der Waals surface area contributed by atoms with Crippen LogP contribution < -0.4 is 0 Å². The molecule has 0 atom stereocenters. The fourth-order valence-electron chi connectivity index (χ4n) is 1.10. The van der Waals surface area contributed by atoms with Crippen molar-refractivity contribution in [1.29, 1.82) is 0 Å². The first-order chi connectivity index (χ1) is 6.44. The van der Waals surface area contributed by atoms with E-state index < -0.39 is 18.4 Å². The van der Waals surface area contributed by atoms with Crippen molar-refractivity contribution in [3.05, 3.63) is 0 Å². The van der Waals surface area contributed by atoms with Crippen molar-refractivity contribution in [3.8, 4) is 0 Å². The number of rotatable bonds is 6. The van der Waals surface area contributed by atoms with Gasteiger partial charge in [0.2, 0.25) is 0 Å². The molecule has 0 aromatic heterocycles. The Morgan fingerprint density at radius 2 is 2.00 bits per heavy atom. The van der Waals surface area contributed by atoms with Crippen LogP contribution in [0.2, 0.25) is 0 Å². The zero-order chi connectivity index (χ0) is 11.2. The van der Waals surface area contributed by atoms with Gasteiger partial charge in [-0.25, -0.2) is 4.79 Å². The molecular weight excluding hydrogens is 192 g/mol. The van der Waals surface area contributed by atoms with Crippen LogP contribution in [0.1, 0.15) is 20.3 Å². The first-order valence-electron chi connectivity index (χ1n) is 4.67.